The number of hydrogen-bond acceptors (Lipinski definition) is 3. The molecule has 0 amide bonds. The molecular weight excluding hydrogens is 386 g/mol. The highest BCUT2D eigenvalue weighted by molar-refractivity contribution is 9.10. The Morgan fingerprint density at radius 2 is 1.83 bits per heavy atom. The molecule has 0 aliphatic carbocycles. The summed E-state index contributed by atoms with van der Waals surface area (Å²) in [5, 5.41) is 0. The zero-order valence-corrected chi connectivity index (χ0v) is 16.0. The first-order valence-corrected chi connectivity index (χ1v) is 9.22. The Labute approximate surface area is 156 Å². The van der Waals surface area contributed by atoms with Crippen LogP contribution in [-0.4, -0.2) is 30.1 Å². The Kier molecular flexibility index (Phi) is 5.74. The SMILES string of the molecule is COc1cc(C(=S)N2CCCC2)c(Br)cc1OCc1ccccc1. The largest absolute Gasteiger partial charge is 0.493 e. The van der Waals surface area contributed by atoms with Gasteiger partial charge in [-0.3, -0.25) is 0 Å². The smallest absolute Gasteiger partial charge is 0.162 e. The average molecular weight is 406 g/mol. The molecule has 3 rings (SSSR count). The number of nitrogens with zero attached hydrogens (tertiary/aromatic N) is 1. The summed E-state index contributed by atoms with van der Waals surface area (Å²) in [6.07, 6.45) is 2.40. The van der Waals surface area contributed by atoms with Crippen molar-refractivity contribution in [2.75, 3.05) is 20.2 Å². The molecule has 0 unspecified atom stereocenters. The summed E-state index contributed by atoms with van der Waals surface area (Å²) in [5.74, 6) is 1.41. The highest BCUT2D eigenvalue weighted by atomic mass is 79.9. The van der Waals surface area contributed by atoms with E-state index < -0.39 is 0 Å². The second-order valence-electron chi connectivity index (χ2n) is 5.76. The fourth-order valence-electron chi connectivity index (χ4n) is 2.80. The molecular formula is C19H20BrNO2S. The number of halogens is 1. The van der Waals surface area contributed by atoms with Crippen LogP contribution in [0.4, 0.5) is 0 Å². The Hall–Kier alpha value is -1.59. The van der Waals surface area contributed by atoms with Crippen molar-refractivity contribution in [3.05, 3.63) is 58.1 Å². The van der Waals surface area contributed by atoms with E-state index >= 15 is 0 Å². The van der Waals surface area contributed by atoms with Gasteiger partial charge in [-0.25, -0.2) is 0 Å². The Morgan fingerprint density at radius 1 is 1.12 bits per heavy atom. The first-order chi connectivity index (χ1) is 11.7. The monoisotopic (exact) mass is 405 g/mol. The second kappa shape index (κ2) is 7.99. The summed E-state index contributed by atoms with van der Waals surface area (Å²) in [4.78, 5) is 3.12. The third-order valence-corrected chi connectivity index (χ3v) is 5.25. The lowest BCUT2D eigenvalue weighted by Gasteiger charge is -2.21. The highest BCUT2D eigenvalue weighted by Gasteiger charge is 2.20. The van der Waals surface area contributed by atoms with Crippen molar-refractivity contribution in [2.45, 2.75) is 19.4 Å². The minimum atomic E-state index is 0.500. The molecule has 2 aromatic carbocycles. The lowest BCUT2D eigenvalue weighted by atomic mass is 10.2. The normalized spacial score (nSPS) is 13.8. The quantitative estimate of drug-likeness (QED) is 0.665. The molecule has 1 fully saturated rings. The maximum Gasteiger partial charge on any atom is 0.162 e. The molecule has 0 bridgehead atoms. The average Bonchev–Trinajstić information content (AvgIpc) is 3.15. The topological polar surface area (TPSA) is 21.7 Å². The van der Waals surface area contributed by atoms with Crippen molar-refractivity contribution in [2.24, 2.45) is 0 Å². The lowest BCUT2D eigenvalue weighted by molar-refractivity contribution is 0.284. The number of benzene rings is 2. The van der Waals surface area contributed by atoms with Gasteiger partial charge in [0.1, 0.15) is 11.6 Å². The number of methoxy groups -OCH3 is 1. The van der Waals surface area contributed by atoms with Gasteiger partial charge < -0.3 is 14.4 Å². The predicted molar refractivity (Wildman–Crippen MR) is 104 cm³/mol. The molecule has 126 valence electrons. The summed E-state index contributed by atoms with van der Waals surface area (Å²) in [5.41, 5.74) is 2.10. The van der Waals surface area contributed by atoms with Gasteiger partial charge in [-0.1, -0.05) is 42.5 Å². The van der Waals surface area contributed by atoms with Crippen LogP contribution >= 0.6 is 28.1 Å². The van der Waals surface area contributed by atoms with Crippen molar-refractivity contribution in [1.82, 2.24) is 4.90 Å². The van der Waals surface area contributed by atoms with E-state index in [0.29, 0.717) is 18.1 Å². The molecule has 1 aliphatic rings. The number of hydrogen-bond donors (Lipinski definition) is 0. The van der Waals surface area contributed by atoms with E-state index in [1.54, 1.807) is 7.11 Å². The maximum absolute atomic E-state index is 5.94. The van der Waals surface area contributed by atoms with E-state index in [-0.39, 0.29) is 0 Å². The van der Waals surface area contributed by atoms with Gasteiger partial charge in [-0.05, 0) is 46.5 Å². The molecule has 0 aromatic heterocycles. The third-order valence-electron chi connectivity index (χ3n) is 4.11. The molecule has 3 nitrogen and oxygen atoms in total. The number of likely N-dealkylation sites (tertiary alicyclic amines) is 1. The Bertz CT molecular complexity index is 715. The van der Waals surface area contributed by atoms with E-state index in [2.05, 4.69) is 20.8 Å². The van der Waals surface area contributed by atoms with Crippen LogP contribution in [-0.2, 0) is 6.61 Å². The molecule has 1 heterocycles. The van der Waals surface area contributed by atoms with Gasteiger partial charge in [0.25, 0.3) is 0 Å². The van der Waals surface area contributed by atoms with Gasteiger partial charge in [0.2, 0.25) is 0 Å². The second-order valence-corrected chi connectivity index (χ2v) is 7.00. The van der Waals surface area contributed by atoms with E-state index in [4.69, 9.17) is 21.7 Å². The number of thiocarbonyl (C=S) groups is 1. The van der Waals surface area contributed by atoms with Crippen molar-refractivity contribution >= 4 is 33.1 Å². The summed E-state index contributed by atoms with van der Waals surface area (Å²) in [7, 11) is 1.65. The highest BCUT2D eigenvalue weighted by Crippen LogP contribution is 2.35. The summed E-state index contributed by atoms with van der Waals surface area (Å²) < 4.78 is 12.4. The Morgan fingerprint density at radius 3 is 2.50 bits per heavy atom. The first kappa shape index (κ1) is 17.2. The van der Waals surface area contributed by atoms with Gasteiger partial charge in [-0.15, -0.1) is 0 Å². The van der Waals surface area contributed by atoms with Crippen molar-refractivity contribution in [3.63, 3.8) is 0 Å². The molecule has 0 radical (unpaired) electrons. The summed E-state index contributed by atoms with van der Waals surface area (Å²) in [6.45, 7) is 2.55. The Balaban J connectivity index is 1.80. The van der Waals surface area contributed by atoms with E-state index in [1.807, 2.05) is 42.5 Å². The van der Waals surface area contributed by atoms with Gasteiger partial charge in [-0.2, -0.15) is 0 Å². The molecule has 1 aliphatic heterocycles. The zero-order chi connectivity index (χ0) is 16.9. The lowest BCUT2D eigenvalue weighted by Crippen LogP contribution is -2.27. The minimum Gasteiger partial charge on any atom is -0.493 e. The van der Waals surface area contributed by atoms with Crippen LogP contribution in [0.5, 0.6) is 11.5 Å². The summed E-state index contributed by atoms with van der Waals surface area (Å²) >= 11 is 9.29. The van der Waals surface area contributed by atoms with Crippen LogP contribution in [0.2, 0.25) is 0 Å². The van der Waals surface area contributed by atoms with Gasteiger partial charge >= 0.3 is 0 Å². The molecule has 2 aromatic rings. The molecule has 0 N–H and O–H groups in total. The van der Waals surface area contributed by atoms with E-state index in [9.17, 15) is 0 Å². The van der Waals surface area contributed by atoms with Crippen LogP contribution in [0.3, 0.4) is 0 Å². The minimum absolute atomic E-state index is 0.500. The van der Waals surface area contributed by atoms with Crippen LogP contribution in [0, 0.1) is 0 Å². The molecule has 5 heteroatoms. The van der Waals surface area contributed by atoms with Crippen molar-refractivity contribution in [1.29, 1.82) is 0 Å². The van der Waals surface area contributed by atoms with Crippen LogP contribution in [0.1, 0.15) is 24.0 Å². The van der Waals surface area contributed by atoms with Crippen molar-refractivity contribution in [3.8, 4) is 11.5 Å². The van der Waals surface area contributed by atoms with Gasteiger partial charge in [0, 0.05) is 23.1 Å². The fourth-order valence-corrected chi connectivity index (χ4v) is 3.79. The van der Waals surface area contributed by atoms with Gasteiger partial charge in [0.15, 0.2) is 11.5 Å². The fraction of sp³-hybridized carbons (Fsp3) is 0.316. The molecule has 0 saturated carbocycles. The molecule has 1 saturated heterocycles. The predicted octanol–water partition coefficient (Wildman–Crippen LogP) is 4.81. The third kappa shape index (κ3) is 3.90. The molecule has 24 heavy (non-hydrogen) atoms. The van der Waals surface area contributed by atoms with Gasteiger partial charge in [0.05, 0.1) is 7.11 Å². The number of ether oxygens (including phenoxy) is 2. The van der Waals surface area contributed by atoms with Crippen LogP contribution in [0.25, 0.3) is 0 Å². The van der Waals surface area contributed by atoms with E-state index in [1.165, 1.54) is 12.8 Å². The summed E-state index contributed by atoms with van der Waals surface area (Å²) in [6, 6.07) is 14.0. The van der Waals surface area contributed by atoms with E-state index in [0.717, 1.165) is 33.7 Å². The van der Waals surface area contributed by atoms with Crippen LogP contribution < -0.4 is 9.47 Å². The molecule has 0 spiro atoms. The first-order valence-electron chi connectivity index (χ1n) is 8.02. The number of rotatable bonds is 5. The molecule has 0 atom stereocenters. The van der Waals surface area contributed by atoms with Crippen LogP contribution in [0.15, 0.2) is 46.9 Å². The standard InChI is InChI=1S/C19H20BrNO2S/c1-22-17-11-15(19(24)21-9-5-6-10-21)16(20)12-18(17)23-13-14-7-3-2-4-8-14/h2-4,7-8,11-12H,5-6,9-10,13H2,1H3. The maximum atomic E-state index is 5.94. The van der Waals surface area contributed by atoms with Crippen molar-refractivity contribution < 1.29 is 9.47 Å². The zero-order valence-electron chi connectivity index (χ0n) is 13.6.